The summed E-state index contributed by atoms with van der Waals surface area (Å²) in [7, 11) is -2.57. The third-order valence-electron chi connectivity index (χ3n) is 4.76. The second kappa shape index (κ2) is 9.61. The van der Waals surface area contributed by atoms with Crippen molar-refractivity contribution in [2.75, 3.05) is 17.1 Å². The number of hydrogen-bond donors (Lipinski definition) is 2. The van der Waals surface area contributed by atoms with Crippen LogP contribution in [0.15, 0.2) is 77.7 Å². The number of anilines is 2. The Kier molecular flexibility index (Phi) is 6.91. The largest absolute Gasteiger partial charge is 0.495 e. The van der Waals surface area contributed by atoms with E-state index in [1.54, 1.807) is 12.1 Å². The number of halogens is 1. The molecule has 0 saturated heterocycles. The molecular formula is C23H23FN2O4S. The lowest BCUT2D eigenvalue weighted by atomic mass is 9.95. The molecule has 6 nitrogen and oxygen atoms in total. The molecule has 0 aliphatic heterocycles. The third-order valence-corrected chi connectivity index (χ3v) is 6.14. The Morgan fingerprint density at radius 1 is 1.03 bits per heavy atom. The van der Waals surface area contributed by atoms with E-state index in [1.807, 2.05) is 37.3 Å². The van der Waals surface area contributed by atoms with Crippen molar-refractivity contribution in [3.8, 4) is 5.75 Å². The molecule has 0 heterocycles. The van der Waals surface area contributed by atoms with Crippen LogP contribution in [0.1, 0.15) is 24.8 Å². The van der Waals surface area contributed by atoms with E-state index in [4.69, 9.17) is 4.74 Å². The lowest BCUT2D eigenvalue weighted by molar-refractivity contribution is -0.117. The van der Waals surface area contributed by atoms with Crippen LogP contribution in [0.3, 0.4) is 0 Å². The molecule has 0 spiro atoms. The predicted molar refractivity (Wildman–Crippen MR) is 118 cm³/mol. The molecule has 8 heteroatoms. The number of ether oxygens (including phenoxy) is 1. The van der Waals surface area contributed by atoms with Crippen molar-refractivity contribution >= 4 is 27.3 Å². The molecule has 1 unspecified atom stereocenters. The van der Waals surface area contributed by atoms with Crippen LogP contribution in [0.25, 0.3) is 0 Å². The minimum Gasteiger partial charge on any atom is -0.495 e. The SMILES string of the molecule is CCC(C(=O)Nc1ccc(OC)c(NS(=O)(=O)c2ccc(F)cc2)c1)c1ccccc1. The Bertz CT molecular complexity index is 1150. The van der Waals surface area contributed by atoms with E-state index in [0.29, 0.717) is 12.1 Å². The number of amides is 1. The first kappa shape index (κ1) is 22.3. The lowest BCUT2D eigenvalue weighted by Crippen LogP contribution is -2.21. The molecule has 3 aromatic rings. The van der Waals surface area contributed by atoms with E-state index < -0.39 is 15.8 Å². The molecule has 0 aliphatic carbocycles. The fourth-order valence-electron chi connectivity index (χ4n) is 3.17. The first-order chi connectivity index (χ1) is 14.8. The van der Waals surface area contributed by atoms with Gasteiger partial charge in [-0.25, -0.2) is 12.8 Å². The maximum atomic E-state index is 13.1. The zero-order valence-electron chi connectivity index (χ0n) is 17.1. The third kappa shape index (κ3) is 5.40. The number of benzene rings is 3. The quantitative estimate of drug-likeness (QED) is 0.526. The van der Waals surface area contributed by atoms with Crippen LogP contribution < -0.4 is 14.8 Å². The molecule has 0 aliphatic rings. The van der Waals surface area contributed by atoms with Crippen molar-refractivity contribution in [3.05, 3.63) is 84.2 Å². The average Bonchev–Trinajstić information content (AvgIpc) is 2.75. The first-order valence-corrected chi connectivity index (χ1v) is 11.1. The molecule has 0 fully saturated rings. The molecule has 3 aromatic carbocycles. The zero-order valence-corrected chi connectivity index (χ0v) is 17.9. The van der Waals surface area contributed by atoms with Gasteiger partial charge in [0.2, 0.25) is 5.91 Å². The average molecular weight is 443 g/mol. The summed E-state index contributed by atoms with van der Waals surface area (Å²) >= 11 is 0. The molecule has 0 bridgehead atoms. The molecule has 0 radical (unpaired) electrons. The maximum Gasteiger partial charge on any atom is 0.262 e. The Balaban J connectivity index is 1.85. The van der Waals surface area contributed by atoms with Gasteiger partial charge in [-0.2, -0.15) is 0 Å². The van der Waals surface area contributed by atoms with Crippen LogP contribution >= 0.6 is 0 Å². The van der Waals surface area contributed by atoms with Gasteiger partial charge < -0.3 is 10.1 Å². The summed E-state index contributed by atoms with van der Waals surface area (Å²) in [6.07, 6.45) is 0.607. The minimum atomic E-state index is -3.98. The van der Waals surface area contributed by atoms with E-state index in [0.717, 1.165) is 17.7 Å². The lowest BCUT2D eigenvalue weighted by Gasteiger charge is -2.17. The van der Waals surface area contributed by atoms with Gasteiger partial charge in [0, 0.05) is 5.69 Å². The first-order valence-electron chi connectivity index (χ1n) is 9.66. The molecular weight excluding hydrogens is 419 g/mol. The van der Waals surface area contributed by atoms with E-state index in [2.05, 4.69) is 10.0 Å². The molecule has 162 valence electrons. The van der Waals surface area contributed by atoms with Crippen LogP contribution in [-0.2, 0) is 14.8 Å². The second-order valence-corrected chi connectivity index (χ2v) is 8.52. The van der Waals surface area contributed by atoms with Gasteiger partial charge in [-0.15, -0.1) is 0 Å². The van der Waals surface area contributed by atoms with Gasteiger partial charge >= 0.3 is 0 Å². The van der Waals surface area contributed by atoms with Gasteiger partial charge in [-0.05, 0) is 54.4 Å². The highest BCUT2D eigenvalue weighted by Crippen LogP contribution is 2.31. The smallest absolute Gasteiger partial charge is 0.262 e. The summed E-state index contributed by atoms with van der Waals surface area (Å²) in [4.78, 5) is 12.7. The van der Waals surface area contributed by atoms with Crippen LogP contribution in [0.2, 0.25) is 0 Å². The summed E-state index contributed by atoms with van der Waals surface area (Å²) in [5.41, 5.74) is 1.46. The van der Waals surface area contributed by atoms with Gasteiger partial charge in [-0.3, -0.25) is 9.52 Å². The highest BCUT2D eigenvalue weighted by Gasteiger charge is 2.20. The van der Waals surface area contributed by atoms with E-state index in [1.165, 1.54) is 25.3 Å². The Labute approximate surface area is 181 Å². The summed E-state index contributed by atoms with van der Waals surface area (Å²) in [6.45, 7) is 1.92. The molecule has 0 saturated carbocycles. The number of methoxy groups -OCH3 is 1. The number of hydrogen-bond acceptors (Lipinski definition) is 4. The van der Waals surface area contributed by atoms with Crippen LogP contribution in [0.4, 0.5) is 15.8 Å². The predicted octanol–water partition coefficient (Wildman–Crippen LogP) is 4.77. The topological polar surface area (TPSA) is 84.5 Å². The molecule has 0 aromatic heterocycles. The van der Waals surface area contributed by atoms with Crippen molar-refractivity contribution in [1.29, 1.82) is 0 Å². The Morgan fingerprint density at radius 2 is 1.71 bits per heavy atom. The van der Waals surface area contributed by atoms with E-state index >= 15 is 0 Å². The number of nitrogens with one attached hydrogen (secondary N) is 2. The Morgan fingerprint density at radius 3 is 2.32 bits per heavy atom. The molecule has 1 atom stereocenters. The van der Waals surface area contributed by atoms with Crippen molar-refractivity contribution in [3.63, 3.8) is 0 Å². The molecule has 1 amide bonds. The van der Waals surface area contributed by atoms with Gasteiger partial charge in [0.1, 0.15) is 11.6 Å². The molecule has 31 heavy (non-hydrogen) atoms. The van der Waals surface area contributed by atoms with Crippen molar-refractivity contribution in [2.45, 2.75) is 24.2 Å². The van der Waals surface area contributed by atoms with Crippen LogP contribution in [-0.4, -0.2) is 21.4 Å². The Hall–Kier alpha value is -3.39. The molecule has 3 rings (SSSR count). The van der Waals surface area contributed by atoms with E-state index in [9.17, 15) is 17.6 Å². The normalized spacial score (nSPS) is 12.1. The highest BCUT2D eigenvalue weighted by molar-refractivity contribution is 7.92. The number of carbonyl (C=O) groups is 1. The van der Waals surface area contributed by atoms with Crippen LogP contribution in [0.5, 0.6) is 5.75 Å². The van der Waals surface area contributed by atoms with Crippen molar-refractivity contribution in [2.24, 2.45) is 0 Å². The summed E-state index contributed by atoms with van der Waals surface area (Å²) < 4.78 is 46.2. The molecule has 2 N–H and O–H groups in total. The summed E-state index contributed by atoms with van der Waals surface area (Å²) in [6, 6.07) is 18.6. The fourth-order valence-corrected chi connectivity index (χ4v) is 4.23. The van der Waals surface area contributed by atoms with Crippen molar-refractivity contribution < 1.29 is 22.3 Å². The zero-order chi connectivity index (χ0) is 22.4. The number of carbonyl (C=O) groups excluding carboxylic acids is 1. The van der Waals surface area contributed by atoms with Gasteiger partial charge in [0.25, 0.3) is 10.0 Å². The van der Waals surface area contributed by atoms with Gasteiger partial charge in [-0.1, -0.05) is 37.3 Å². The standard InChI is InChI=1S/C23H23FN2O4S/c1-3-20(16-7-5-4-6-8-16)23(27)25-18-11-14-22(30-2)21(15-18)26-31(28,29)19-12-9-17(24)10-13-19/h4-15,20,26H,3H2,1-2H3,(H,25,27). The number of sulfonamides is 1. The van der Waals surface area contributed by atoms with Crippen LogP contribution in [0, 0.1) is 5.82 Å². The maximum absolute atomic E-state index is 13.1. The summed E-state index contributed by atoms with van der Waals surface area (Å²) in [5, 5.41) is 2.84. The highest BCUT2D eigenvalue weighted by atomic mass is 32.2. The second-order valence-electron chi connectivity index (χ2n) is 6.84. The van der Waals surface area contributed by atoms with Crippen molar-refractivity contribution in [1.82, 2.24) is 0 Å². The van der Waals surface area contributed by atoms with Gasteiger partial charge in [0.15, 0.2) is 0 Å². The fraction of sp³-hybridized carbons (Fsp3) is 0.174. The van der Waals surface area contributed by atoms with E-state index in [-0.39, 0.29) is 28.2 Å². The monoisotopic (exact) mass is 442 g/mol. The number of rotatable bonds is 8. The minimum absolute atomic E-state index is 0.0967. The summed E-state index contributed by atoms with van der Waals surface area (Å²) in [5.74, 6) is -0.808. The van der Waals surface area contributed by atoms with Gasteiger partial charge in [0.05, 0.1) is 23.6 Å².